The van der Waals surface area contributed by atoms with Gasteiger partial charge in [-0.3, -0.25) is 9.78 Å². The molecule has 30 heavy (non-hydrogen) atoms. The fourth-order valence-electron chi connectivity index (χ4n) is 4.35. The molecule has 0 atom stereocenters. The van der Waals surface area contributed by atoms with Crippen LogP contribution in [0.15, 0.2) is 54.7 Å². The van der Waals surface area contributed by atoms with Crippen LogP contribution in [0.3, 0.4) is 0 Å². The monoisotopic (exact) mass is 401 g/mol. The normalized spacial score (nSPS) is 18.4. The fourth-order valence-corrected chi connectivity index (χ4v) is 4.35. The third-order valence-corrected chi connectivity index (χ3v) is 6.44. The summed E-state index contributed by atoms with van der Waals surface area (Å²) in [4.78, 5) is 18.8. The molecule has 0 spiro atoms. The van der Waals surface area contributed by atoms with E-state index in [-0.39, 0.29) is 12.0 Å². The van der Waals surface area contributed by atoms with Gasteiger partial charge in [0, 0.05) is 37.5 Å². The highest BCUT2D eigenvalue weighted by atomic mass is 16.5. The second-order valence-corrected chi connectivity index (χ2v) is 8.60. The second kappa shape index (κ2) is 7.40. The zero-order chi connectivity index (χ0) is 20.7. The number of ether oxygens (including phenoxy) is 1. The molecule has 1 amide bonds. The summed E-state index contributed by atoms with van der Waals surface area (Å²) in [5.41, 5.74) is 10.1. The molecule has 3 aromatic rings. The van der Waals surface area contributed by atoms with Gasteiger partial charge in [-0.05, 0) is 54.7 Å². The van der Waals surface area contributed by atoms with Gasteiger partial charge in [0.05, 0.1) is 11.1 Å². The Bertz CT molecular complexity index is 1080. The molecule has 2 aliphatic rings. The number of pyridine rings is 1. The highest BCUT2D eigenvalue weighted by molar-refractivity contribution is 5.89. The van der Waals surface area contributed by atoms with Crippen molar-refractivity contribution < 1.29 is 9.53 Å². The summed E-state index contributed by atoms with van der Waals surface area (Å²) < 4.78 is 6.19. The van der Waals surface area contributed by atoms with E-state index in [0.717, 1.165) is 61.0 Å². The Morgan fingerprint density at radius 2 is 1.83 bits per heavy atom. The summed E-state index contributed by atoms with van der Waals surface area (Å²) in [5, 5.41) is 1.16. The maximum absolute atomic E-state index is 12.4. The zero-order valence-electron chi connectivity index (χ0n) is 17.3. The van der Waals surface area contributed by atoms with E-state index in [0.29, 0.717) is 0 Å². The van der Waals surface area contributed by atoms with Crippen molar-refractivity contribution in [3.63, 3.8) is 0 Å². The van der Waals surface area contributed by atoms with Crippen LogP contribution in [0, 0.1) is 6.92 Å². The Balaban J connectivity index is 1.24. The Morgan fingerprint density at radius 3 is 2.53 bits per heavy atom. The first-order valence-electron chi connectivity index (χ1n) is 10.7. The molecule has 2 fully saturated rings. The Kier molecular flexibility index (Phi) is 4.70. The minimum atomic E-state index is -0.570. The summed E-state index contributed by atoms with van der Waals surface area (Å²) in [5.74, 6) is 0.989. The topological polar surface area (TPSA) is 68.5 Å². The van der Waals surface area contributed by atoms with Crippen LogP contribution in [0.1, 0.15) is 31.2 Å². The maximum atomic E-state index is 12.4. The quantitative estimate of drug-likeness (QED) is 0.715. The molecule has 0 radical (unpaired) electrons. The number of nitrogens with two attached hydrogens (primary N) is 1. The lowest BCUT2D eigenvalue weighted by atomic mass is 9.98. The zero-order valence-corrected chi connectivity index (χ0v) is 17.3. The lowest BCUT2D eigenvalue weighted by molar-refractivity contribution is -0.135. The summed E-state index contributed by atoms with van der Waals surface area (Å²) >= 11 is 0. The molecule has 2 aromatic carbocycles. The van der Waals surface area contributed by atoms with Crippen LogP contribution in [0.4, 0.5) is 0 Å². The predicted molar refractivity (Wildman–Crippen MR) is 118 cm³/mol. The Labute approximate surface area is 176 Å². The lowest BCUT2D eigenvalue weighted by Gasteiger charge is -2.33. The molecular formula is C25H27N3O2. The number of benzene rings is 2. The van der Waals surface area contributed by atoms with Gasteiger partial charge in [0.15, 0.2) is 0 Å². The van der Waals surface area contributed by atoms with E-state index in [2.05, 4.69) is 42.2 Å². The lowest BCUT2D eigenvalue weighted by Crippen LogP contribution is -2.50. The highest BCUT2D eigenvalue weighted by Crippen LogP contribution is 2.35. The number of aryl methyl sites for hydroxylation is 1. The van der Waals surface area contributed by atoms with Gasteiger partial charge in [-0.15, -0.1) is 0 Å². The van der Waals surface area contributed by atoms with E-state index in [1.54, 1.807) is 0 Å². The summed E-state index contributed by atoms with van der Waals surface area (Å²) in [7, 11) is 0. The minimum absolute atomic E-state index is 0.116. The number of piperidine rings is 1. The Morgan fingerprint density at radius 1 is 1.10 bits per heavy atom. The molecule has 1 saturated heterocycles. The summed E-state index contributed by atoms with van der Waals surface area (Å²) in [6.45, 7) is 3.57. The standard InChI is InChI=1S/C25H27N3O2/c1-17-22(9-6-19-3-2-14-27-23(17)19)18-4-7-20(8-5-18)30-21-10-15-28(16-11-21)24(29)25(26)12-13-25/h2-9,14,21H,10-13,15-16,26H2,1H3. The van der Waals surface area contributed by atoms with Gasteiger partial charge >= 0.3 is 0 Å². The van der Waals surface area contributed by atoms with Crippen LogP contribution in [0.2, 0.25) is 0 Å². The van der Waals surface area contributed by atoms with E-state index < -0.39 is 5.54 Å². The van der Waals surface area contributed by atoms with Crippen molar-refractivity contribution in [1.29, 1.82) is 0 Å². The number of amides is 1. The van der Waals surface area contributed by atoms with Crippen LogP contribution >= 0.6 is 0 Å². The van der Waals surface area contributed by atoms with E-state index in [4.69, 9.17) is 10.5 Å². The van der Waals surface area contributed by atoms with Gasteiger partial charge in [0.1, 0.15) is 11.9 Å². The van der Waals surface area contributed by atoms with Crippen molar-refractivity contribution in [2.75, 3.05) is 13.1 Å². The highest BCUT2D eigenvalue weighted by Gasteiger charge is 2.48. The largest absolute Gasteiger partial charge is 0.490 e. The van der Waals surface area contributed by atoms with Crippen molar-refractivity contribution in [2.24, 2.45) is 5.73 Å². The molecule has 5 heteroatoms. The molecule has 1 saturated carbocycles. The first-order valence-corrected chi connectivity index (χ1v) is 10.7. The van der Waals surface area contributed by atoms with Crippen LogP contribution < -0.4 is 10.5 Å². The van der Waals surface area contributed by atoms with Gasteiger partial charge in [-0.2, -0.15) is 0 Å². The van der Waals surface area contributed by atoms with Crippen LogP contribution in [0.25, 0.3) is 22.0 Å². The third kappa shape index (κ3) is 3.54. The molecule has 5 rings (SSSR count). The average molecular weight is 402 g/mol. The number of carbonyl (C=O) groups excluding carboxylic acids is 1. The molecule has 2 heterocycles. The molecular weight excluding hydrogens is 374 g/mol. The van der Waals surface area contributed by atoms with Crippen LogP contribution in [0.5, 0.6) is 5.75 Å². The Hall–Kier alpha value is -2.92. The smallest absolute Gasteiger partial charge is 0.242 e. The van der Waals surface area contributed by atoms with Crippen LogP contribution in [-0.4, -0.2) is 40.5 Å². The molecule has 0 bridgehead atoms. The van der Waals surface area contributed by atoms with Crippen molar-refractivity contribution in [3.8, 4) is 16.9 Å². The molecule has 1 aliphatic carbocycles. The number of likely N-dealkylation sites (tertiary alicyclic amines) is 1. The first kappa shape index (κ1) is 19.1. The van der Waals surface area contributed by atoms with E-state index in [9.17, 15) is 4.79 Å². The van der Waals surface area contributed by atoms with Gasteiger partial charge in [0.2, 0.25) is 5.91 Å². The van der Waals surface area contributed by atoms with Crippen molar-refractivity contribution in [3.05, 3.63) is 60.3 Å². The first-order chi connectivity index (χ1) is 14.5. The molecule has 154 valence electrons. The van der Waals surface area contributed by atoms with Crippen molar-refractivity contribution in [1.82, 2.24) is 9.88 Å². The number of carbonyl (C=O) groups is 1. The number of hydrogen-bond donors (Lipinski definition) is 1. The summed E-state index contributed by atoms with van der Waals surface area (Å²) in [6.07, 6.45) is 5.31. The third-order valence-electron chi connectivity index (χ3n) is 6.44. The molecule has 0 unspecified atom stereocenters. The summed E-state index contributed by atoms with van der Waals surface area (Å²) in [6, 6.07) is 16.6. The van der Waals surface area contributed by atoms with Gasteiger partial charge < -0.3 is 15.4 Å². The molecule has 2 N–H and O–H groups in total. The SMILES string of the molecule is Cc1c(-c2ccc(OC3CCN(C(=O)C4(N)CC4)CC3)cc2)ccc2cccnc12. The van der Waals surface area contributed by atoms with E-state index in [1.165, 1.54) is 11.1 Å². The van der Waals surface area contributed by atoms with Gasteiger partial charge in [0.25, 0.3) is 0 Å². The van der Waals surface area contributed by atoms with E-state index >= 15 is 0 Å². The minimum Gasteiger partial charge on any atom is -0.490 e. The number of aromatic nitrogens is 1. The number of fused-ring (bicyclic) bond motifs is 1. The predicted octanol–water partition coefficient (Wildman–Crippen LogP) is 4.07. The molecule has 5 nitrogen and oxygen atoms in total. The average Bonchev–Trinajstić information content (AvgIpc) is 3.54. The number of rotatable bonds is 4. The van der Waals surface area contributed by atoms with Gasteiger partial charge in [-0.25, -0.2) is 0 Å². The van der Waals surface area contributed by atoms with E-state index in [1.807, 2.05) is 29.3 Å². The van der Waals surface area contributed by atoms with Crippen molar-refractivity contribution in [2.45, 2.75) is 44.2 Å². The number of hydrogen-bond acceptors (Lipinski definition) is 4. The number of nitrogens with zero attached hydrogens (tertiary/aromatic N) is 2. The second-order valence-electron chi connectivity index (χ2n) is 8.60. The molecule has 1 aliphatic heterocycles. The van der Waals surface area contributed by atoms with Crippen molar-refractivity contribution >= 4 is 16.8 Å². The maximum Gasteiger partial charge on any atom is 0.242 e. The molecule has 1 aromatic heterocycles. The van der Waals surface area contributed by atoms with Gasteiger partial charge in [-0.1, -0.05) is 30.3 Å². The fraction of sp³-hybridized carbons (Fsp3) is 0.360. The van der Waals surface area contributed by atoms with Crippen LogP contribution in [-0.2, 0) is 4.79 Å².